The van der Waals surface area contributed by atoms with Crippen molar-refractivity contribution in [2.45, 2.75) is 32.9 Å². The Hall–Kier alpha value is -3.35. The lowest BCUT2D eigenvalue weighted by Crippen LogP contribution is -2.36. The lowest BCUT2D eigenvalue weighted by molar-refractivity contribution is 0.296. The SMILES string of the molecule is CN=C(NCc1ccnc(-n2cccn2)c1)NCc1ccc(C)cc1OCC1CC1. The van der Waals surface area contributed by atoms with E-state index >= 15 is 0 Å². The molecular weight excluding hydrogens is 376 g/mol. The van der Waals surface area contributed by atoms with Crippen molar-refractivity contribution in [3.8, 4) is 11.6 Å². The molecule has 0 bridgehead atoms. The van der Waals surface area contributed by atoms with Gasteiger partial charge < -0.3 is 15.4 Å². The Kier molecular flexibility index (Phi) is 6.27. The van der Waals surface area contributed by atoms with E-state index in [0.717, 1.165) is 41.2 Å². The fourth-order valence-electron chi connectivity index (χ4n) is 3.12. The molecule has 1 aromatic carbocycles. The molecule has 1 fully saturated rings. The van der Waals surface area contributed by atoms with E-state index in [1.54, 1.807) is 24.1 Å². The van der Waals surface area contributed by atoms with E-state index in [0.29, 0.717) is 13.1 Å². The normalized spacial score (nSPS) is 13.9. The summed E-state index contributed by atoms with van der Waals surface area (Å²) in [4.78, 5) is 8.71. The number of ether oxygens (including phenoxy) is 1. The molecule has 1 aliphatic carbocycles. The van der Waals surface area contributed by atoms with Crippen molar-refractivity contribution < 1.29 is 4.74 Å². The lowest BCUT2D eigenvalue weighted by atomic mass is 10.1. The molecule has 0 spiro atoms. The van der Waals surface area contributed by atoms with Crippen molar-refractivity contribution in [3.05, 3.63) is 71.7 Å². The zero-order chi connectivity index (χ0) is 20.8. The second-order valence-electron chi connectivity index (χ2n) is 7.62. The van der Waals surface area contributed by atoms with E-state index < -0.39 is 0 Å². The summed E-state index contributed by atoms with van der Waals surface area (Å²) in [5, 5.41) is 11.0. The van der Waals surface area contributed by atoms with Crippen molar-refractivity contribution >= 4 is 5.96 Å². The Morgan fingerprint density at radius 1 is 1.17 bits per heavy atom. The molecule has 0 unspecified atom stereocenters. The second-order valence-corrected chi connectivity index (χ2v) is 7.62. The standard InChI is InChI=1S/C23H28N6O/c1-17-4-7-20(21(12-17)30-16-18-5-6-18)15-27-23(24-2)26-14-19-8-10-25-22(13-19)29-11-3-9-28-29/h3-4,7-13,18H,5-6,14-16H2,1-2H3,(H2,24,26,27). The number of benzene rings is 1. The molecule has 2 heterocycles. The second kappa shape index (κ2) is 9.43. The first-order chi connectivity index (χ1) is 14.7. The van der Waals surface area contributed by atoms with Gasteiger partial charge in [0.15, 0.2) is 11.8 Å². The summed E-state index contributed by atoms with van der Waals surface area (Å²) in [6.45, 7) is 4.18. The summed E-state index contributed by atoms with van der Waals surface area (Å²) >= 11 is 0. The van der Waals surface area contributed by atoms with Crippen LogP contribution in [0.5, 0.6) is 5.75 Å². The average molecular weight is 405 g/mol. The Morgan fingerprint density at radius 3 is 2.80 bits per heavy atom. The van der Waals surface area contributed by atoms with Gasteiger partial charge in [-0.1, -0.05) is 12.1 Å². The first kappa shape index (κ1) is 19.9. The summed E-state index contributed by atoms with van der Waals surface area (Å²) in [5.41, 5.74) is 3.44. The Bertz CT molecular complexity index is 995. The number of nitrogens with zero attached hydrogens (tertiary/aromatic N) is 4. The van der Waals surface area contributed by atoms with E-state index in [1.807, 2.05) is 24.4 Å². The predicted molar refractivity (Wildman–Crippen MR) is 118 cm³/mol. The summed E-state index contributed by atoms with van der Waals surface area (Å²) in [7, 11) is 1.77. The maximum absolute atomic E-state index is 6.07. The molecule has 2 aromatic heterocycles. The maximum atomic E-state index is 6.07. The molecule has 7 nitrogen and oxygen atoms in total. The number of rotatable bonds is 8. The number of hydrogen-bond donors (Lipinski definition) is 2. The van der Waals surface area contributed by atoms with Crippen LogP contribution >= 0.6 is 0 Å². The zero-order valence-corrected chi connectivity index (χ0v) is 17.5. The van der Waals surface area contributed by atoms with Gasteiger partial charge in [0.25, 0.3) is 0 Å². The highest BCUT2D eigenvalue weighted by Gasteiger charge is 2.22. The first-order valence-electron chi connectivity index (χ1n) is 10.3. The van der Waals surface area contributed by atoms with Crippen LogP contribution in [-0.2, 0) is 13.1 Å². The number of aryl methyl sites for hydroxylation is 1. The van der Waals surface area contributed by atoms with Gasteiger partial charge in [0.2, 0.25) is 0 Å². The van der Waals surface area contributed by atoms with Crippen LogP contribution in [0.2, 0.25) is 0 Å². The Labute approximate surface area is 177 Å². The van der Waals surface area contributed by atoms with Crippen molar-refractivity contribution in [2.75, 3.05) is 13.7 Å². The van der Waals surface area contributed by atoms with E-state index in [2.05, 4.69) is 50.8 Å². The molecule has 1 saturated carbocycles. The van der Waals surface area contributed by atoms with E-state index in [4.69, 9.17) is 4.74 Å². The van der Waals surface area contributed by atoms with Crippen LogP contribution in [0.4, 0.5) is 0 Å². The molecule has 2 N–H and O–H groups in total. The molecule has 0 aliphatic heterocycles. The topological polar surface area (TPSA) is 76.4 Å². The highest BCUT2D eigenvalue weighted by molar-refractivity contribution is 5.79. The van der Waals surface area contributed by atoms with E-state index in [1.165, 1.54) is 18.4 Å². The van der Waals surface area contributed by atoms with Gasteiger partial charge in [0, 0.05) is 44.3 Å². The molecule has 7 heteroatoms. The third-order valence-corrected chi connectivity index (χ3v) is 5.07. The molecule has 0 radical (unpaired) electrons. The van der Waals surface area contributed by atoms with E-state index in [-0.39, 0.29) is 0 Å². The number of aromatic nitrogens is 3. The fraction of sp³-hybridized carbons (Fsp3) is 0.348. The molecule has 30 heavy (non-hydrogen) atoms. The van der Waals surface area contributed by atoms with Gasteiger partial charge in [0.1, 0.15) is 5.75 Å². The number of pyridine rings is 1. The van der Waals surface area contributed by atoms with Gasteiger partial charge in [-0.15, -0.1) is 0 Å². The van der Waals surface area contributed by atoms with Gasteiger partial charge in [-0.25, -0.2) is 9.67 Å². The van der Waals surface area contributed by atoms with Crippen LogP contribution in [0.1, 0.15) is 29.5 Å². The number of guanidine groups is 1. The molecule has 4 rings (SSSR count). The van der Waals surface area contributed by atoms with Gasteiger partial charge in [0.05, 0.1) is 6.61 Å². The van der Waals surface area contributed by atoms with Crippen LogP contribution in [0, 0.1) is 12.8 Å². The Morgan fingerprint density at radius 2 is 2.03 bits per heavy atom. The predicted octanol–water partition coefficient (Wildman–Crippen LogP) is 3.23. The van der Waals surface area contributed by atoms with Crippen LogP contribution in [0.25, 0.3) is 5.82 Å². The highest BCUT2D eigenvalue weighted by atomic mass is 16.5. The van der Waals surface area contributed by atoms with Gasteiger partial charge in [-0.3, -0.25) is 4.99 Å². The molecule has 156 valence electrons. The summed E-state index contributed by atoms with van der Waals surface area (Å²) in [6.07, 6.45) is 7.98. The zero-order valence-electron chi connectivity index (χ0n) is 17.5. The first-order valence-corrected chi connectivity index (χ1v) is 10.3. The summed E-state index contributed by atoms with van der Waals surface area (Å²) < 4.78 is 7.82. The molecular formula is C23H28N6O. The number of hydrogen-bond acceptors (Lipinski definition) is 4. The van der Waals surface area contributed by atoms with Crippen molar-refractivity contribution in [1.29, 1.82) is 0 Å². The molecule has 0 saturated heterocycles. The third kappa shape index (κ3) is 5.37. The number of aliphatic imine (C=N–C) groups is 1. The van der Waals surface area contributed by atoms with Crippen molar-refractivity contribution in [1.82, 2.24) is 25.4 Å². The lowest BCUT2D eigenvalue weighted by Gasteiger charge is -2.15. The molecule has 0 amide bonds. The minimum Gasteiger partial charge on any atom is -0.493 e. The monoisotopic (exact) mass is 404 g/mol. The Balaban J connectivity index is 1.34. The van der Waals surface area contributed by atoms with Crippen LogP contribution in [0.15, 0.2) is 60.0 Å². The number of nitrogens with one attached hydrogen (secondary N) is 2. The van der Waals surface area contributed by atoms with Crippen LogP contribution < -0.4 is 15.4 Å². The molecule has 1 aliphatic rings. The molecule has 0 atom stereocenters. The van der Waals surface area contributed by atoms with Gasteiger partial charge >= 0.3 is 0 Å². The van der Waals surface area contributed by atoms with Crippen LogP contribution in [0.3, 0.4) is 0 Å². The molecule has 3 aromatic rings. The highest BCUT2D eigenvalue weighted by Crippen LogP contribution is 2.30. The van der Waals surface area contributed by atoms with Crippen LogP contribution in [-0.4, -0.2) is 34.4 Å². The minimum atomic E-state index is 0.634. The van der Waals surface area contributed by atoms with Crippen molar-refractivity contribution in [2.24, 2.45) is 10.9 Å². The minimum absolute atomic E-state index is 0.634. The van der Waals surface area contributed by atoms with E-state index in [9.17, 15) is 0 Å². The largest absolute Gasteiger partial charge is 0.493 e. The quantitative estimate of drug-likeness (QED) is 0.445. The summed E-state index contributed by atoms with van der Waals surface area (Å²) in [6, 6.07) is 12.2. The third-order valence-electron chi connectivity index (χ3n) is 5.07. The average Bonchev–Trinajstić information content (AvgIpc) is 3.44. The fourth-order valence-corrected chi connectivity index (χ4v) is 3.12. The van der Waals surface area contributed by atoms with Gasteiger partial charge in [-0.05, 0) is 61.1 Å². The smallest absolute Gasteiger partial charge is 0.191 e. The maximum Gasteiger partial charge on any atom is 0.191 e. The van der Waals surface area contributed by atoms with Gasteiger partial charge in [-0.2, -0.15) is 5.10 Å². The summed E-state index contributed by atoms with van der Waals surface area (Å²) in [5.74, 6) is 3.22. The van der Waals surface area contributed by atoms with Crippen molar-refractivity contribution in [3.63, 3.8) is 0 Å².